The Morgan fingerprint density at radius 2 is 1.88 bits per heavy atom. The first-order chi connectivity index (χ1) is 15.3. The summed E-state index contributed by atoms with van der Waals surface area (Å²) in [6.45, 7) is 4.68. The summed E-state index contributed by atoms with van der Waals surface area (Å²) >= 11 is 0. The molecule has 0 saturated heterocycles. The molecule has 8 heteroatoms. The van der Waals surface area contributed by atoms with E-state index in [1.54, 1.807) is 12.5 Å². The molecule has 0 atom stereocenters. The lowest BCUT2D eigenvalue weighted by atomic mass is 10.1. The van der Waals surface area contributed by atoms with Crippen LogP contribution >= 0.6 is 24.0 Å². The molecule has 0 aliphatic rings. The first-order valence-corrected chi connectivity index (χ1v) is 10.4. The van der Waals surface area contributed by atoms with Crippen molar-refractivity contribution in [2.75, 3.05) is 6.54 Å². The Hall–Kier alpha value is -3.14. The van der Waals surface area contributed by atoms with Gasteiger partial charge in [0, 0.05) is 24.5 Å². The second-order valence-electron chi connectivity index (χ2n) is 7.08. The van der Waals surface area contributed by atoms with Gasteiger partial charge in [0.25, 0.3) is 0 Å². The molecule has 4 aromatic rings. The van der Waals surface area contributed by atoms with Gasteiger partial charge in [-0.3, -0.25) is 4.68 Å². The van der Waals surface area contributed by atoms with Crippen LogP contribution in [-0.4, -0.2) is 27.3 Å². The average Bonchev–Trinajstić information content (AvgIpc) is 3.49. The van der Waals surface area contributed by atoms with E-state index in [-0.39, 0.29) is 24.0 Å². The minimum absolute atomic E-state index is 0. The summed E-state index contributed by atoms with van der Waals surface area (Å²) in [5.41, 5.74) is 4.13. The normalized spacial score (nSPS) is 11.1. The number of halogens is 1. The van der Waals surface area contributed by atoms with Crippen molar-refractivity contribution in [3.63, 3.8) is 0 Å². The lowest BCUT2D eigenvalue weighted by molar-refractivity contribution is 0.572. The Balaban J connectivity index is 0.00000289. The molecule has 32 heavy (non-hydrogen) atoms. The summed E-state index contributed by atoms with van der Waals surface area (Å²) < 4.78 is 7.52. The number of rotatable bonds is 8. The highest BCUT2D eigenvalue weighted by Gasteiger charge is 2.07. The van der Waals surface area contributed by atoms with Crippen LogP contribution in [0.2, 0.25) is 0 Å². The summed E-state index contributed by atoms with van der Waals surface area (Å²) in [6.07, 6.45) is 5.43. The van der Waals surface area contributed by atoms with Gasteiger partial charge in [0.2, 0.25) is 5.89 Å². The molecule has 2 heterocycles. The van der Waals surface area contributed by atoms with E-state index in [1.165, 1.54) is 5.56 Å². The fourth-order valence-corrected chi connectivity index (χ4v) is 3.20. The van der Waals surface area contributed by atoms with E-state index in [9.17, 15) is 0 Å². The highest BCUT2D eigenvalue weighted by molar-refractivity contribution is 14.0. The Labute approximate surface area is 205 Å². The van der Waals surface area contributed by atoms with Crippen LogP contribution < -0.4 is 10.6 Å². The molecule has 0 aliphatic carbocycles. The lowest BCUT2D eigenvalue weighted by Crippen LogP contribution is -2.36. The van der Waals surface area contributed by atoms with Crippen LogP contribution in [0.1, 0.15) is 23.7 Å². The molecule has 0 spiro atoms. The second-order valence-corrected chi connectivity index (χ2v) is 7.08. The van der Waals surface area contributed by atoms with Crippen LogP contribution in [-0.2, 0) is 19.6 Å². The summed E-state index contributed by atoms with van der Waals surface area (Å²) in [7, 11) is 0. The van der Waals surface area contributed by atoms with Crippen molar-refractivity contribution in [1.82, 2.24) is 25.4 Å². The van der Waals surface area contributed by atoms with E-state index in [4.69, 9.17) is 9.41 Å². The van der Waals surface area contributed by atoms with Gasteiger partial charge < -0.3 is 15.1 Å². The van der Waals surface area contributed by atoms with Gasteiger partial charge in [-0.05, 0) is 36.2 Å². The van der Waals surface area contributed by atoms with Gasteiger partial charge in [-0.25, -0.2) is 9.98 Å². The van der Waals surface area contributed by atoms with Crippen LogP contribution in [0.4, 0.5) is 0 Å². The molecule has 2 aromatic carbocycles. The van der Waals surface area contributed by atoms with E-state index >= 15 is 0 Å². The number of hydrogen-bond donors (Lipinski definition) is 2. The maximum Gasteiger partial charge on any atom is 0.226 e. The fourth-order valence-electron chi connectivity index (χ4n) is 3.20. The van der Waals surface area contributed by atoms with Crippen LogP contribution in [0.5, 0.6) is 0 Å². The maximum atomic E-state index is 5.61. The zero-order valence-corrected chi connectivity index (χ0v) is 20.3. The lowest BCUT2D eigenvalue weighted by Gasteiger charge is -2.10. The highest BCUT2D eigenvalue weighted by Crippen LogP contribution is 2.17. The summed E-state index contributed by atoms with van der Waals surface area (Å²) in [5.74, 6) is 1.36. The standard InChI is InChI=1S/C24H26N6O.HI/c1-2-25-24(27-16-22-18-31-23(29-22)21-10-4-3-5-11-21)26-15-19-8-6-9-20(14-19)17-30-13-7-12-28-30;/h3-14,18H,2,15-17H2,1H3,(H2,25,26,27);1H. The maximum absolute atomic E-state index is 5.61. The third kappa shape index (κ3) is 6.68. The Morgan fingerprint density at radius 1 is 1.03 bits per heavy atom. The van der Waals surface area contributed by atoms with E-state index in [0.29, 0.717) is 19.0 Å². The molecule has 0 aliphatic heterocycles. The molecule has 0 amide bonds. The van der Waals surface area contributed by atoms with Gasteiger partial charge in [0.1, 0.15) is 6.26 Å². The van der Waals surface area contributed by atoms with Crippen molar-refractivity contribution in [2.24, 2.45) is 4.99 Å². The van der Waals surface area contributed by atoms with E-state index < -0.39 is 0 Å². The second kappa shape index (κ2) is 12.0. The highest BCUT2D eigenvalue weighted by atomic mass is 127. The molecule has 7 nitrogen and oxygen atoms in total. The summed E-state index contributed by atoms with van der Waals surface area (Å²) in [6, 6.07) is 20.2. The largest absolute Gasteiger partial charge is 0.444 e. The predicted molar refractivity (Wildman–Crippen MR) is 137 cm³/mol. The molecule has 0 saturated carbocycles. The zero-order valence-electron chi connectivity index (χ0n) is 17.9. The molecule has 4 rings (SSSR count). The number of oxazole rings is 1. The topological polar surface area (TPSA) is 80.3 Å². The number of aromatic nitrogens is 3. The van der Waals surface area contributed by atoms with E-state index in [0.717, 1.165) is 35.9 Å². The van der Waals surface area contributed by atoms with Crippen molar-refractivity contribution < 1.29 is 4.42 Å². The summed E-state index contributed by atoms with van der Waals surface area (Å²) in [5, 5.41) is 10.9. The smallest absolute Gasteiger partial charge is 0.226 e. The zero-order chi connectivity index (χ0) is 21.3. The number of guanidine groups is 1. The molecule has 2 aromatic heterocycles. The van der Waals surface area contributed by atoms with Gasteiger partial charge in [0.05, 0.1) is 25.3 Å². The van der Waals surface area contributed by atoms with E-state index in [1.807, 2.05) is 54.2 Å². The van der Waals surface area contributed by atoms with Crippen molar-refractivity contribution in [3.8, 4) is 11.5 Å². The fraction of sp³-hybridized carbons (Fsp3) is 0.208. The van der Waals surface area contributed by atoms with Crippen molar-refractivity contribution in [1.29, 1.82) is 0 Å². The molecule has 2 N–H and O–H groups in total. The number of benzene rings is 2. The monoisotopic (exact) mass is 542 g/mol. The summed E-state index contributed by atoms with van der Waals surface area (Å²) in [4.78, 5) is 9.27. The Bertz CT molecular complexity index is 1110. The molecule has 0 bridgehead atoms. The Morgan fingerprint density at radius 3 is 2.66 bits per heavy atom. The predicted octanol–water partition coefficient (Wildman–Crippen LogP) is 4.46. The molecule has 0 fully saturated rings. The number of nitrogens with zero attached hydrogens (tertiary/aromatic N) is 4. The first-order valence-electron chi connectivity index (χ1n) is 10.4. The number of hydrogen-bond acceptors (Lipinski definition) is 4. The van der Waals surface area contributed by atoms with Gasteiger partial charge in [-0.1, -0.05) is 42.5 Å². The SMILES string of the molecule is CCNC(=NCc1cccc(Cn2cccn2)c1)NCc1coc(-c2ccccc2)n1.I. The Kier molecular flexibility index (Phi) is 8.85. The van der Waals surface area contributed by atoms with Crippen molar-refractivity contribution in [3.05, 3.63) is 96.1 Å². The molecular formula is C24H27IN6O. The minimum Gasteiger partial charge on any atom is -0.444 e. The quantitative estimate of drug-likeness (QED) is 0.195. The average molecular weight is 542 g/mol. The third-order valence-corrected chi connectivity index (χ3v) is 4.67. The molecular weight excluding hydrogens is 515 g/mol. The van der Waals surface area contributed by atoms with Crippen LogP contribution in [0.25, 0.3) is 11.5 Å². The van der Waals surface area contributed by atoms with Crippen LogP contribution in [0.3, 0.4) is 0 Å². The van der Waals surface area contributed by atoms with Gasteiger partial charge in [-0.2, -0.15) is 5.10 Å². The molecule has 166 valence electrons. The van der Waals surface area contributed by atoms with Gasteiger partial charge in [-0.15, -0.1) is 24.0 Å². The molecule has 0 unspecified atom stereocenters. The van der Waals surface area contributed by atoms with Crippen LogP contribution in [0, 0.1) is 0 Å². The van der Waals surface area contributed by atoms with Gasteiger partial charge >= 0.3 is 0 Å². The van der Waals surface area contributed by atoms with Crippen molar-refractivity contribution in [2.45, 2.75) is 26.6 Å². The van der Waals surface area contributed by atoms with Crippen molar-refractivity contribution >= 4 is 29.9 Å². The molecule has 0 radical (unpaired) electrons. The number of aliphatic imine (C=N–C) groups is 1. The first kappa shape index (κ1) is 23.5. The minimum atomic E-state index is 0. The number of nitrogens with one attached hydrogen (secondary N) is 2. The van der Waals surface area contributed by atoms with Crippen LogP contribution in [0.15, 0.2) is 88.7 Å². The third-order valence-electron chi connectivity index (χ3n) is 4.67. The van der Waals surface area contributed by atoms with Gasteiger partial charge in [0.15, 0.2) is 5.96 Å². The van der Waals surface area contributed by atoms with E-state index in [2.05, 4.69) is 45.0 Å².